The van der Waals surface area contributed by atoms with E-state index in [4.69, 9.17) is 8.83 Å². The van der Waals surface area contributed by atoms with Crippen LogP contribution in [0.4, 0.5) is 0 Å². The minimum absolute atomic E-state index is 0.944. The second kappa shape index (κ2) is 3.46. The maximum absolute atomic E-state index is 6.16. The van der Waals surface area contributed by atoms with Crippen LogP contribution in [-0.4, -0.2) is 0 Å². The molecule has 4 aromatic carbocycles. The Kier molecular flexibility index (Phi) is 1.63. The molecule has 6 aromatic rings. The first-order valence-corrected chi connectivity index (χ1v) is 8.13. The molecular weight excluding hydrogens is 296 g/mol. The van der Waals surface area contributed by atoms with Crippen LogP contribution in [0.15, 0.2) is 69.5 Å². The van der Waals surface area contributed by atoms with Gasteiger partial charge >= 0.3 is 0 Å². The Bertz CT molecular complexity index is 1380. The molecule has 2 heterocycles. The molecule has 0 amide bonds. The first kappa shape index (κ1) is 11.3. The van der Waals surface area contributed by atoms with E-state index in [-0.39, 0.29) is 0 Å². The third kappa shape index (κ3) is 1.06. The van der Waals surface area contributed by atoms with E-state index < -0.39 is 0 Å². The summed E-state index contributed by atoms with van der Waals surface area (Å²) >= 11 is 0. The quantitative estimate of drug-likeness (QED) is 0.315. The van der Waals surface area contributed by atoms with E-state index in [1.807, 2.05) is 0 Å². The fraction of sp³-hybridized carbons (Fsp3) is 0. The van der Waals surface area contributed by atoms with Crippen molar-refractivity contribution in [2.24, 2.45) is 0 Å². The van der Waals surface area contributed by atoms with Gasteiger partial charge in [0, 0.05) is 26.9 Å². The summed E-state index contributed by atoms with van der Waals surface area (Å²) in [6.45, 7) is 0. The fourth-order valence-corrected chi connectivity index (χ4v) is 4.48. The van der Waals surface area contributed by atoms with Crippen LogP contribution in [0.5, 0.6) is 0 Å². The number of hydrogen-bond acceptors (Lipinski definition) is 2. The van der Waals surface area contributed by atoms with E-state index in [9.17, 15) is 0 Å². The first-order valence-electron chi connectivity index (χ1n) is 8.13. The number of benzene rings is 4. The monoisotopic (exact) mass is 306 g/mol. The topological polar surface area (TPSA) is 26.3 Å². The zero-order chi connectivity index (χ0) is 15.4. The Balaban J connectivity index is 2.06. The van der Waals surface area contributed by atoms with Gasteiger partial charge in [0.2, 0.25) is 0 Å². The summed E-state index contributed by atoms with van der Waals surface area (Å²) in [5.74, 6) is 0. The maximum Gasteiger partial charge on any atom is 0.136 e. The molecule has 24 heavy (non-hydrogen) atoms. The minimum atomic E-state index is 0.944. The molecule has 2 aromatic heterocycles. The van der Waals surface area contributed by atoms with Crippen LogP contribution in [0, 0.1) is 0 Å². The molecule has 0 radical (unpaired) electrons. The van der Waals surface area contributed by atoms with Gasteiger partial charge in [-0.05, 0) is 40.8 Å². The van der Waals surface area contributed by atoms with Crippen molar-refractivity contribution < 1.29 is 8.83 Å². The van der Waals surface area contributed by atoms with Crippen LogP contribution in [0.2, 0.25) is 0 Å². The van der Waals surface area contributed by atoms with E-state index in [0.717, 1.165) is 22.3 Å². The van der Waals surface area contributed by atoms with Crippen molar-refractivity contribution in [1.82, 2.24) is 0 Å². The summed E-state index contributed by atoms with van der Waals surface area (Å²) < 4.78 is 12.3. The van der Waals surface area contributed by atoms with Crippen LogP contribution in [0.1, 0.15) is 0 Å². The van der Waals surface area contributed by atoms with Crippen molar-refractivity contribution in [2.45, 2.75) is 0 Å². The molecule has 0 atom stereocenters. The van der Waals surface area contributed by atoms with E-state index in [0.29, 0.717) is 0 Å². The highest BCUT2D eigenvalue weighted by Crippen LogP contribution is 2.49. The second-order valence-electron chi connectivity index (χ2n) is 6.54. The van der Waals surface area contributed by atoms with Gasteiger partial charge in [0.1, 0.15) is 22.3 Å². The zero-order valence-electron chi connectivity index (χ0n) is 12.6. The van der Waals surface area contributed by atoms with Crippen LogP contribution in [0.3, 0.4) is 0 Å². The molecule has 1 aliphatic carbocycles. The lowest BCUT2D eigenvalue weighted by Crippen LogP contribution is -1.79. The third-order valence-electron chi connectivity index (χ3n) is 5.39. The van der Waals surface area contributed by atoms with E-state index >= 15 is 0 Å². The highest BCUT2D eigenvalue weighted by Gasteiger charge is 2.24. The molecule has 0 bridgehead atoms. The smallest absolute Gasteiger partial charge is 0.136 e. The largest absolute Gasteiger partial charge is 0.456 e. The van der Waals surface area contributed by atoms with Crippen LogP contribution >= 0.6 is 0 Å². The van der Waals surface area contributed by atoms with Gasteiger partial charge < -0.3 is 8.83 Å². The molecule has 0 saturated carbocycles. The lowest BCUT2D eigenvalue weighted by Gasteiger charge is -2.03. The molecule has 0 aliphatic heterocycles. The number of fused-ring (bicyclic) bond motifs is 1. The van der Waals surface area contributed by atoms with E-state index in [1.165, 1.54) is 43.4 Å². The van der Waals surface area contributed by atoms with Gasteiger partial charge in [0.15, 0.2) is 0 Å². The molecule has 0 unspecified atom stereocenters. The predicted molar refractivity (Wildman–Crippen MR) is 97.5 cm³/mol. The van der Waals surface area contributed by atoms with Gasteiger partial charge in [-0.3, -0.25) is 0 Å². The number of rotatable bonds is 0. The van der Waals surface area contributed by atoms with Gasteiger partial charge in [0.25, 0.3) is 0 Å². The van der Waals surface area contributed by atoms with Crippen molar-refractivity contribution in [3.63, 3.8) is 0 Å². The summed E-state index contributed by atoms with van der Waals surface area (Å²) in [6, 6.07) is 21.1. The average molecular weight is 306 g/mol. The number of furan rings is 2. The molecule has 0 fully saturated rings. The molecule has 0 saturated heterocycles. The Morgan fingerprint density at radius 1 is 0.417 bits per heavy atom. The standard InChI is InChI=1S/C22H10O2/c1-3-12-13-4-2-6-15-20(13)22-17(24-15)10-8-11-7-9-16-21(18(11)22)19(12)14(5-1)23-16/h1-10H. The summed E-state index contributed by atoms with van der Waals surface area (Å²) in [5, 5.41) is 7.33. The Labute approximate surface area is 135 Å². The molecule has 0 N–H and O–H groups in total. The van der Waals surface area contributed by atoms with Gasteiger partial charge in [-0.2, -0.15) is 0 Å². The molecular formula is C22H10O2. The first-order chi connectivity index (χ1) is 11.9. The second-order valence-corrected chi connectivity index (χ2v) is 6.54. The molecule has 2 nitrogen and oxygen atoms in total. The number of hydrogen-bond donors (Lipinski definition) is 0. The molecule has 110 valence electrons. The van der Waals surface area contributed by atoms with Crippen LogP contribution in [-0.2, 0) is 0 Å². The molecule has 2 heteroatoms. The molecule has 7 rings (SSSR count). The van der Waals surface area contributed by atoms with Gasteiger partial charge in [-0.25, -0.2) is 0 Å². The highest BCUT2D eigenvalue weighted by atomic mass is 16.3. The summed E-state index contributed by atoms with van der Waals surface area (Å²) in [4.78, 5) is 0. The summed E-state index contributed by atoms with van der Waals surface area (Å²) in [5.41, 5.74) is 6.24. The van der Waals surface area contributed by atoms with Crippen molar-refractivity contribution in [3.05, 3.63) is 60.7 Å². The third-order valence-corrected chi connectivity index (χ3v) is 5.39. The van der Waals surface area contributed by atoms with Crippen molar-refractivity contribution in [2.75, 3.05) is 0 Å². The van der Waals surface area contributed by atoms with Crippen LogP contribution < -0.4 is 0 Å². The minimum Gasteiger partial charge on any atom is -0.456 e. The van der Waals surface area contributed by atoms with E-state index in [1.54, 1.807) is 0 Å². The lowest BCUT2D eigenvalue weighted by atomic mass is 9.98. The summed E-state index contributed by atoms with van der Waals surface area (Å²) in [7, 11) is 0. The van der Waals surface area contributed by atoms with Crippen molar-refractivity contribution in [3.8, 4) is 11.1 Å². The van der Waals surface area contributed by atoms with Crippen molar-refractivity contribution >= 4 is 54.6 Å². The predicted octanol–water partition coefficient (Wildman–Crippen LogP) is 6.62. The van der Waals surface area contributed by atoms with Crippen LogP contribution in [0.25, 0.3) is 65.8 Å². The summed E-state index contributed by atoms with van der Waals surface area (Å²) in [6.07, 6.45) is 0. The van der Waals surface area contributed by atoms with E-state index in [2.05, 4.69) is 60.7 Å². The fourth-order valence-electron chi connectivity index (χ4n) is 4.48. The van der Waals surface area contributed by atoms with Gasteiger partial charge in [0.05, 0.1) is 0 Å². The lowest BCUT2D eigenvalue weighted by molar-refractivity contribution is 0.669. The Hall–Kier alpha value is -3.26. The highest BCUT2D eigenvalue weighted by molar-refractivity contribution is 6.36. The maximum atomic E-state index is 6.16. The van der Waals surface area contributed by atoms with Gasteiger partial charge in [-0.15, -0.1) is 0 Å². The van der Waals surface area contributed by atoms with Crippen molar-refractivity contribution in [1.29, 1.82) is 0 Å². The normalized spacial score (nSPS) is 13.0. The molecule has 0 spiro atoms. The average Bonchev–Trinajstić information content (AvgIpc) is 3.14. The Morgan fingerprint density at radius 3 is 1.46 bits per heavy atom. The molecule has 1 aliphatic rings. The van der Waals surface area contributed by atoms with Gasteiger partial charge in [-0.1, -0.05) is 36.4 Å². The Morgan fingerprint density at radius 2 is 0.917 bits per heavy atom. The SMILES string of the molecule is c1cc2c3c(c1)oc1ccc4ccc5oc6cccc-2c6c5c4c13. The zero-order valence-corrected chi connectivity index (χ0v) is 12.6.